The van der Waals surface area contributed by atoms with E-state index in [0.29, 0.717) is 32.5 Å². The van der Waals surface area contributed by atoms with E-state index in [9.17, 15) is 35.1 Å². The third kappa shape index (κ3) is 13.6. The van der Waals surface area contributed by atoms with Gasteiger partial charge in [0.15, 0.2) is 16.7 Å². The number of hydrogen-bond donors (Lipinski definition) is 6. The molecule has 6 N–H and O–H groups in total. The molecule has 4 aliphatic rings. The van der Waals surface area contributed by atoms with E-state index in [1.807, 2.05) is 73.3 Å². The number of fused-ring (bicyclic) bond motifs is 5. The van der Waals surface area contributed by atoms with E-state index in [1.165, 1.54) is 41.2 Å². The highest BCUT2D eigenvalue weighted by Crippen LogP contribution is 2.46. The first kappa shape index (κ1) is 60.7. The molecule has 422 valence electrons. The molecule has 16 nitrogen and oxygen atoms in total. The number of nitrogens with one attached hydrogen (secondary N) is 1. The fraction of sp³-hybridized carbons (Fsp3) is 0.655. The van der Waals surface area contributed by atoms with E-state index < -0.39 is 94.0 Å². The molecule has 0 bridgehead atoms. The van der Waals surface area contributed by atoms with Crippen LogP contribution in [0.2, 0.25) is 0 Å². The zero-order chi connectivity index (χ0) is 55.6. The van der Waals surface area contributed by atoms with E-state index in [4.69, 9.17) is 28.4 Å². The van der Waals surface area contributed by atoms with E-state index in [0.717, 1.165) is 16.9 Å². The van der Waals surface area contributed by atoms with Gasteiger partial charge < -0.3 is 64.2 Å². The number of ether oxygens (including phenoxy) is 6. The number of halogens is 1. The van der Waals surface area contributed by atoms with Crippen molar-refractivity contribution >= 4 is 51.9 Å². The predicted molar refractivity (Wildman–Crippen MR) is 302 cm³/mol. The SMILES string of the molecule is CO[C@]1(C)C[C@H](O[C@H]2[C@H](C)[C@@H](O[C@@H]3O[C@H](C)C[C@H](N(C)C)[C@H]3O)[C@](C)(O)C[C@@H](C)CN(CCCNC(=O)/C=C/c3cc4c(s3)-c3ccccc3Cc3ccccc3-4)[C@H](C)[C@@H](O)[C@](C)(O)[C@@H](I)OC(=O)[C@@H]2C)O[C@@H](C)[C@@H]1O. The molecule has 0 unspecified atom stereocenters. The number of methoxy groups -OCH3 is 1. The van der Waals surface area contributed by atoms with Gasteiger partial charge >= 0.3 is 5.97 Å². The minimum Gasteiger partial charge on any atom is -0.448 e. The molecule has 1 amide bonds. The number of benzene rings is 2. The van der Waals surface area contributed by atoms with Crippen LogP contribution in [0.4, 0.5) is 0 Å². The second-order valence-electron chi connectivity index (χ2n) is 23.0. The summed E-state index contributed by atoms with van der Waals surface area (Å²) in [7, 11) is 5.26. The normalized spacial score (nSPS) is 38.0. The summed E-state index contributed by atoms with van der Waals surface area (Å²) in [6.07, 6.45) is -3.39. The molecule has 1 aliphatic carbocycles. The largest absolute Gasteiger partial charge is 0.448 e. The number of esters is 1. The first-order valence-electron chi connectivity index (χ1n) is 26.9. The zero-order valence-corrected chi connectivity index (χ0v) is 49.3. The maximum Gasteiger partial charge on any atom is 0.312 e. The molecule has 2 aromatic carbocycles. The van der Waals surface area contributed by atoms with Crippen molar-refractivity contribution in [3.8, 4) is 21.6 Å². The number of likely N-dealkylation sites (N-methyl/N-ethyl adjacent to an activating group) is 1. The summed E-state index contributed by atoms with van der Waals surface area (Å²) in [6, 6.07) is 18.1. The predicted octanol–water partition coefficient (Wildman–Crippen LogP) is 6.77. The van der Waals surface area contributed by atoms with Crippen molar-refractivity contribution in [1.82, 2.24) is 15.1 Å². The van der Waals surface area contributed by atoms with Crippen LogP contribution in [0, 0.1) is 17.8 Å². The Morgan fingerprint density at radius 1 is 0.921 bits per heavy atom. The molecule has 3 aromatic rings. The molecule has 4 heterocycles. The quantitative estimate of drug-likeness (QED) is 0.0284. The van der Waals surface area contributed by atoms with Gasteiger partial charge in [-0.1, -0.05) is 62.4 Å². The number of aliphatic hydroxyl groups excluding tert-OH is 3. The van der Waals surface area contributed by atoms with Crippen LogP contribution in [0.1, 0.15) is 104 Å². The van der Waals surface area contributed by atoms with Gasteiger partial charge in [-0.3, -0.25) is 14.5 Å². The summed E-state index contributed by atoms with van der Waals surface area (Å²) < 4.78 is 36.8. The number of cyclic esters (lactones) is 1. The average molecular weight is 1190 g/mol. The van der Waals surface area contributed by atoms with Crippen LogP contribution >= 0.6 is 33.9 Å². The first-order valence-corrected chi connectivity index (χ1v) is 29.0. The molecular formula is C58H84IN3O13S. The van der Waals surface area contributed by atoms with Crippen molar-refractivity contribution in [3.63, 3.8) is 0 Å². The Morgan fingerprint density at radius 2 is 1.58 bits per heavy atom. The highest BCUT2D eigenvalue weighted by molar-refractivity contribution is 14.1. The third-order valence-electron chi connectivity index (χ3n) is 16.5. The number of aliphatic hydroxyl groups is 5. The number of alkyl halides is 1. The van der Waals surface area contributed by atoms with Crippen molar-refractivity contribution in [2.24, 2.45) is 17.8 Å². The van der Waals surface area contributed by atoms with E-state index in [-0.39, 0.29) is 36.8 Å². The Kier molecular flexibility index (Phi) is 20.2. The molecule has 1 aromatic heterocycles. The lowest BCUT2D eigenvalue weighted by molar-refractivity contribution is -0.317. The summed E-state index contributed by atoms with van der Waals surface area (Å²) in [6.45, 7) is 16.7. The van der Waals surface area contributed by atoms with E-state index in [2.05, 4.69) is 59.9 Å². The minimum atomic E-state index is -1.95. The second kappa shape index (κ2) is 25.2. The van der Waals surface area contributed by atoms with Crippen molar-refractivity contribution in [2.45, 2.75) is 183 Å². The van der Waals surface area contributed by atoms with Gasteiger partial charge in [-0.25, -0.2) is 0 Å². The molecule has 0 radical (unpaired) electrons. The number of nitrogens with zero attached hydrogens (tertiary/aromatic N) is 2. The fourth-order valence-electron chi connectivity index (χ4n) is 11.9. The lowest BCUT2D eigenvalue weighted by atomic mass is 9.77. The van der Waals surface area contributed by atoms with Crippen LogP contribution in [-0.4, -0.2) is 176 Å². The van der Waals surface area contributed by atoms with Crippen LogP contribution in [0.25, 0.3) is 27.6 Å². The van der Waals surface area contributed by atoms with Crippen LogP contribution in [-0.2, 0) is 44.4 Å². The average Bonchev–Trinajstić information content (AvgIpc) is 3.77. The first-order chi connectivity index (χ1) is 35.8. The Balaban J connectivity index is 1.13. The van der Waals surface area contributed by atoms with Gasteiger partial charge in [0.05, 0.1) is 41.5 Å². The summed E-state index contributed by atoms with van der Waals surface area (Å²) in [4.78, 5) is 34.0. The molecule has 3 aliphatic heterocycles. The topological polar surface area (TPSA) is 209 Å². The number of rotatable bonds is 12. The molecular weight excluding hydrogens is 1110 g/mol. The van der Waals surface area contributed by atoms with Crippen LogP contribution < -0.4 is 5.32 Å². The number of hydrogen-bond acceptors (Lipinski definition) is 16. The smallest absolute Gasteiger partial charge is 0.312 e. The molecule has 18 atom stereocenters. The third-order valence-corrected chi connectivity index (χ3v) is 19.1. The standard InChI is InChI=1S/C58H84IN3O13S/c1-32-29-56(7,68)52(74-54-47(64)44(61(10)11)26-33(2)71-54)34(3)48(73-46-30-57(8,70-12)51(66)37(6)72-46)35(4)53(67)75-55(59)58(9,69)50(65)36(5)62(31-32)25-17-24-60-45(63)23-22-40-28-43-41-20-15-13-18-38(41)27-39-19-14-16-21-42(39)49(43)76-40/h13-16,18-23,28,32-37,44,46-48,50-52,54-55,64-66,68-69H,17,24-27,29-31H2,1-12H3,(H,60,63)/b23-22+/t32-,33-,34+,35-,36-,37+,44+,46+,47-,48+,50-,51+,52-,54+,55+,56-,57-,58+/m1/s1. The van der Waals surface area contributed by atoms with Gasteiger partial charge in [0, 0.05) is 72.6 Å². The van der Waals surface area contributed by atoms with Gasteiger partial charge in [-0.2, -0.15) is 0 Å². The summed E-state index contributed by atoms with van der Waals surface area (Å²) in [5, 5.41) is 63.0. The van der Waals surface area contributed by atoms with Gasteiger partial charge in [0.2, 0.25) is 5.91 Å². The summed E-state index contributed by atoms with van der Waals surface area (Å²) in [5.41, 5.74) is 1.40. The lowest BCUT2D eigenvalue weighted by Crippen LogP contribution is -2.60. The fourth-order valence-corrected chi connectivity index (χ4v) is 13.7. The number of amides is 1. The molecule has 3 saturated heterocycles. The van der Waals surface area contributed by atoms with Gasteiger partial charge in [0.25, 0.3) is 0 Å². The Bertz CT molecular complexity index is 2410. The van der Waals surface area contributed by atoms with Crippen molar-refractivity contribution < 1.29 is 63.5 Å². The van der Waals surface area contributed by atoms with Gasteiger partial charge in [0.1, 0.15) is 23.9 Å². The minimum absolute atomic E-state index is 0.0949. The second-order valence-corrected chi connectivity index (χ2v) is 25.2. The zero-order valence-electron chi connectivity index (χ0n) is 46.4. The van der Waals surface area contributed by atoms with Crippen LogP contribution in [0.3, 0.4) is 0 Å². The maximum atomic E-state index is 14.5. The summed E-state index contributed by atoms with van der Waals surface area (Å²) in [5.74, 6) is -3.18. The van der Waals surface area contributed by atoms with E-state index >= 15 is 0 Å². The van der Waals surface area contributed by atoms with Gasteiger partial charge in [-0.15, -0.1) is 11.3 Å². The van der Waals surface area contributed by atoms with Crippen molar-refractivity contribution in [3.05, 3.63) is 76.7 Å². The Labute approximate surface area is 467 Å². The molecule has 76 heavy (non-hydrogen) atoms. The monoisotopic (exact) mass is 1190 g/mol. The Morgan fingerprint density at radius 3 is 2.25 bits per heavy atom. The van der Waals surface area contributed by atoms with Crippen molar-refractivity contribution in [2.75, 3.05) is 40.8 Å². The van der Waals surface area contributed by atoms with Crippen molar-refractivity contribution in [1.29, 1.82) is 0 Å². The number of carbonyl (C=O) groups is 2. The maximum absolute atomic E-state index is 14.5. The number of thiophene rings is 1. The molecule has 18 heteroatoms. The van der Waals surface area contributed by atoms with Crippen LogP contribution in [0.15, 0.2) is 60.7 Å². The molecule has 3 fully saturated rings. The molecule has 0 spiro atoms. The van der Waals surface area contributed by atoms with E-state index in [1.54, 1.807) is 52.0 Å². The summed E-state index contributed by atoms with van der Waals surface area (Å²) >= 11 is 3.50. The number of carbonyl (C=O) groups excluding carboxylic acids is 2. The highest BCUT2D eigenvalue weighted by atomic mass is 127. The lowest BCUT2D eigenvalue weighted by Gasteiger charge is -2.48. The molecule has 7 rings (SSSR count). The highest BCUT2D eigenvalue weighted by Gasteiger charge is 2.53. The Hall–Kier alpha value is -2.93. The molecule has 0 saturated carbocycles. The van der Waals surface area contributed by atoms with Crippen LogP contribution in [0.5, 0.6) is 0 Å². The van der Waals surface area contributed by atoms with Gasteiger partial charge in [-0.05, 0) is 151 Å².